The van der Waals surface area contributed by atoms with Gasteiger partial charge in [0, 0.05) is 38.9 Å². The zero-order chi connectivity index (χ0) is 18.9. The van der Waals surface area contributed by atoms with Gasteiger partial charge >= 0.3 is 0 Å². The van der Waals surface area contributed by atoms with E-state index in [1.54, 1.807) is 6.07 Å². The molecule has 6 nitrogen and oxygen atoms in total. The Morgan fingerprint density at radius 3 is 2.63 bits per heavy atom. The summed E-state index contributed by atoms with van der Waals surface area (Å²) in [6.07, 6.45) is 5.97. The van der Waals surface area contributed by atoms with Crippen molar-refractivity contribution in [1.29, 1.82) is 0 Å². The highest BCUT2D eigenvalue weighted by atomic mass is 16.5. The number of aliphatic imine (C=N–C) groups is 1. The molecule has 6 heteroatoms. The second-order valence-corrected chi connectivity index (χ2v) is 7.36. The number of anilines is 1. The van der Waals surface area contributed by atoms with Gasteiger partial charge in [-0.2, -0.15) is 0 Å². The molecule has 0 unspecified atom stereocenters. The molecule has 0 atom stereocenters. The minimum absolute atomic E-state index is 0.256. The largest absolute Gasteiger partial charge is 0.506 e. The average Bonchev–Trinajstić information content (AvgIpc) is 3.23. The van der Waals surface area contributed by atoms with Crippen LogP contribution >= 0.6 is 0 Å². The molecule has 2 heterocycles. The van der Waals surface area contributed by atoms with Gasteiger partial charge in [0.1, 0.15) is 5.75 Å². The first-order valence-electron chi connectivity index (χ1n) is 10.4. The molecule has 2 aliphatic heterocycles. The van der Waals surface area contributed by atoms with Crippen LogP contribution in [0.4, 0.5) is 5.69 Å². The lowest BCUT2D eigenvalue weighted by Gasteiger charge is -2.38. The van der Waals surface area contributed by atoms with Gasteiger partial charge in [-0.05, 0) is 64.3 Å². The fourth-order valence-corrected chi connectivity index (χ4v) is 3.96. The number of likely N-dealkylation sites (tertiary alicyclic amines) is 2. The van der Waals surface area contributed by atoms with E-state index >= 15 is 0 Å². The van der Waals surface area contributed by atoms with Gasteiger partial charge in [0.2, 0.25) is 0 Å². The van der Waals surface area contributed by atoms with Crippen LogP contribution in [0.5, 0.6) is 5.75 Å². The third kappa shape index (κ3) is 5.84. The highest BCUT2D eigenvalue weighted by Crippen LogP contribution is 2.24. The predicted molar refractivity (Wildman–Crippen MR) is 111 cm³/mol. The van der Waals surface area contributed by atoms with E-state index in [9.17, 15) is 5.11 Å². The molecule has 0 radical (unpaired) electrons. The number of hydrogen-bond donors (Lipinski definition) is 2. The SMILES string of the molecule is CCOCCCN=C(Nc1ccccc1O)N1CCC(N2CCCC2)CC1. The van der Waals surface area contributed by atoms with E-state index in [-0.39, 0.29) is 5.75 Å². The predicted octanol–water partition coefficient (Wildman–Crippen LogP) is 3.15. The van der Waals surface area contributed by atoms with Crippen molar-refractivity contribution in [3.63, 3.8) is 0 Å². The van der Waals surface area contributed by atoms with Crippen molar-refractivity contribution in [2.24, 2.45) is 4.99 Å². The molecule has 2 saturated heterocycles. The minimum atomic E-state index is 0.256. The van der Waals surface area contributed by atoms with Crippen molar-refractivity contribution < 1.29 is 9.84 Å². The molecule has 0 amide bonds. The first kappa shape index (κ1) is 20.0. The Morgan fingerprint density at radius 2 is 1.93 bits per heavy atom. The summed E-state index contributed by atoms with van der Waals surface area (Å²) in [7, 11) is 0. The lowest BCUT2D eigenvalue weighted by atomic mass is 10.0. The molecule has 0 aliphatic carbocycles. The Balaban J connectivity index is 1.60. The number of nitrogens with one attached hydrogen (secondary N) is 1. The van der Waals surface area contributed by atoms with Crippen LogP contribution in [0.1, 0.15) is 39.0 Å². The van der Waals surface area contributed by atoms with Crippen molar-refractivity contribution in [3.8, 4) is 5.75 Å². The van der Waals surface area contributed by atoms with E-state index in [4.69, 9.17) is 9.73 Å². The Bertz CT molecular complexity index is 594. The number of piperidine rings is 1. The highest BCUT2D eigenvalue weighted by molar-refractivity contribution is 5.95. The van der Waals surface area contributed by atoms with Crippen LogP contribution in [0.15, 0.2) is 29.3 Å². The van der Waals surface area contributed by atoms with E-state index in [0.29, 0.717) is 11.7 Å². The maximum absolute atomic E-state index is 10.1. The van der Waals surface area contributed by atoms with Crippen LogP contribution in [-0.4, -0.2) is 72.8 Å². The van der Waals surface area contributed by atoms with E-state index in [0.717, 1.165) is 45.2 Å². The molecule has 3 rings (SSSR count). The summed E-state index contributed by atoms with van der Waals surface area (Å²) in [6, 6.07) is 8.07. The van der Waals surface area contributed by atoms with Gasteiger partial charge in [-0.3, -0.25) is 4.99 Å². The number of guanidine groups is 1. The molecule has 0 bridgehead atoms. The van der Waals surface area contributed by atoms with Crippen LogP contribution in [0, 0.1) is 0 Å². The van der Waals surface area contributed by atoms with Crippen molar-refractivity contribution in [2.75, 3.05) is 51.3 Å². The molecule has 2 fully saturated rings. The van der Waals surface area contributed by atoms with Gasteiger partial charge in [0.15, 0.2) is 5.96 Å². The Labute approximate surface area is 163 Å². The molecule has 0 aromatic heterocycles. The molecular formula is C21H34N4O2. The van der Waals surface area contributed by atoms with Gasteiger partial charge in [-0.15, -0.1) is 0 Å². The first-order chi connectivity index (χ1) is 13.3. The summed E-state index contributed by atoms with van der Waals surface area (Å²) in [5.74, 6) is 1.12. The molecule has 0 saturated carbocycles. The summed E-state index contributed by atoms with van der Waals surface area (Å²) in [4.78, 5) is 9.80. The fraction of sp³-hybridized carbons (Fsp3) is 0.667. The van der Waals surface area contributed by atoms with Crippen LogP contribution in [0.3, 0.4) is 0 Å². The maximum atomic E-state index is 10.1. The highest BCUT2D eigenvalue weighted by Gasteiger charge is 2.27. The van der Waals surface area contributed by atoms with Gasteiger partial charge in [0.25, 0.3) is 0 Å². The normalized spacial score (nSPS) is 19.6. The van der Waals surface area contributed by atoms with Crippen molar-refractivity contribution >= 4 is 11.6 Å². The monoisotopic (exact) mass is 374 g/mol. The Morgan fingerprint density at radius 1 is 1.19 bits per heavy atom. The molecule has 27 heavy (non-hydrogen) atoms. The second kappa shape index (κ2) is 10.5. The van der Waals surface area contributed by atoms with Crippen molar-refractivity contribution in [3.05, 3.63) is 24.3 Å². The van der Waals surface area contributed by atoms with Crippen LogP contribution in [0.25, 0.3) is 0 Å². The van der Waals surface area contributed by atoms with Gasteiger partial charge < -0.3 is 25.0 Å². The molecular weight excluding hydrogens is 340 g/mol. The number of para-hydroxylation sites is 2. The second-order valence-electron chi connectivity index (χ2n) is 7.36. The number of hydrogen-bond acceptors (Lipinski definition) is 4. The first-order valence-corrected chi connectivity index (χ1v) is 10.4. The third-order valence-electron chi connectivity index (χ3n) is 5.48. The molecule has 1 aromatic rings. The zero-order valence-electron chi connectivity index (χ0n) is 16.6. The molecule has 2 aliphatic rings. The van der Waals surface area contributed by atoms with Crippen LogP contribution in [-0.2, 0) is 4.74 Å². The summed E-state index contributed by atoms with van der Waals surface area (Å²) >= 11 is 0. The van der Waals surface area contributed by atoms with E-state index in [1.165, 1.54) is 38.8 Å². The third-order valence-corrected chi connectivity index (χ3v) is 5.48. The van der Waals surface area contributed by atoms with Crippen LogP contribution < -0.4 is 5.32 Å². The molecule has 0 spiro atoms. The lowest BCUT2D eigenvalue weighted by Crippen LogP contribution is -2.47. The Hall–Kier alpha value is -1.79. The number of nitrogens with zero attached hydrogens (tertiary/aromatic N) is 3. The standard InChI is InChI=1S/C21H34N4O2/c1-2-27-17-7-12-22-21(23-19-8-3-4-9-20(19)26)25-15-10-18(11-16-25)24-13-5-6-14-24/h3-4,8-9,18,26H,2,5-7,10-17H2,1H3,(H,22,23). The minimum Gasteiger partial charge on any atom is -0.506 e. The van der Waals surface area contributed by atoms with E-state index in [2.05, 4.69) is 15.1 Å². The summed E-state index contributed by atoms with van der Waals surface area (Å²) < 4.78 is 5.42. The van der Waals surface area contributed by atoms with Crippen molar-refractivity contribution in [1.82, 2.24) is 9.80 Å². The van der Waals surface area contributed by atoms with E-state index in [1.807, 2.05) is 25.1 Å². The summed E-state index contributed by atoms with van der Waals surface area (Å²) in [6.45, 7) is 8.76. The molecule has 1 aromatic carbocycles. The van der Waals surface area contributed by atoms with Crippen LogP contribution in [0.2, 0.25) is 0 Å². The maximum Gasteiger partial charge on any atom is 0.198 e. The van der Waals surface area contributed by atoms with E-state index < -0.39 is 0 Å². The van der Waals surface area contributed by atoms with Gasteiger partial charge in [-0.1, -0.05) is 12.1 Å². The molecule has 2 N–H and O–H groups in total. The topological polar surface area (TPSA) is 60.3 Å². The number of aromatic hydroxyl groups is 1. The number of phenolic OH excluding ortho intramolecular Hbond substituents is 1. The number of rotatable bonds is 7. The Kier molecular flexibility index (Phi) is 7.78. The smallest absolute Gasteiger partial charge is 0.198 e. The fourth-order valence-electron chi connectivity index (χ4n) is 3.96. The number of benzene rings is 1. The summed E-state index contributed by atoms with van der Waals surface area (Å²) in [5.41, 5.74) is 0.711. The van der Waals surface area contributed by atoms with Gasteiger partial charge in [-0.25, -0.2) is 0 Å². The quantitative estimate of drug-likeness (QED) is 0.332. The average molecular weight is 375 g/mol. The van der Waals surface area contributed by atoms with Gasteiger partial charge in [0.05, 0.1) is 5.69 Å². The number of phenols is 1. The van der Waals surface area contributed by atoms with Crippen molar-refractivity contribution in [2.45, 2.75) is 45.1 Å². The zero-order valence-corrected chi connectivity index (χ0v) is 16.6. The summed E-state index contributed by atoms with van der Waals surface area (Å²) in [5, 5.41) is 13.5. The molecule has 150 valence electrons. The number of ether oxygens (including phenoxy) is 1. The lowest BCUT2D eigenvalue weighted by molar-refractivity contribution is 0.146.